The minimum absolute atomic E-state index is 0.104. The van der Waals surface area contributed by atoms with Gasteiger partial charge in [-0.15, -0.1) is 0 Å². The average Bonchev–Trinajstić information content (AvgIpc) is 1.33. The van der Waals surface area contributed by atoms with Gasteiger partial charge in [0.1, 0.15) is 19.3 Å². The van der Waals surface area contributed by atoms with E-state index in [0.717, 1.165) is 108 Å². The van der Waals surface area contributed by atoms with Crippen LogP contribution in [0.3, 0.4) is 0 Å². The maximum absolute atomic E-state index is 13.1. The third kappa shape index (κ3) is 68.3. The van der Waals surface area contributed by atoms with Crippen LogP contribution in [0.1, 0.15) is 402 Å². The van der Waals surface area contributed by atoms with Crippen molar-refractivity contribution in [1.82, 2.24) is 0 Å². The van der Waals surface area contributed by atoms with Crippen LogP contribution in [-0.4, -0.2) is 96.7 Å². The van der Waals surface area contributed by atoms with Crippen molar-refractivity contribution in [3.63, 3.8) is 0 Å². The number of carbonyl (C=O) groups is 4. The Morgan fingerprint density at radius 1 is 0.289 bits per heavy atom. The molecule has 19 heteroatoms. The highest BCUT2D eigenvalue weighted by Gasteiger charge is 2.30. The molecule has 8 atom stereocenters. The van der Waals surface area contributed by atoms with E-state index in [1.165, 1.54) is 212 Å². The first-order valence-electron chi connectivity index (χ1n) is 40.5. The zero-order valence-corrected chi connectivity index (χ0v) is 65.3. The van der Waals surface area contributed by atoms with Crippen LogP contribution < -0.4 is 0 Å². The lowest BCUT2D eigenvalue weighted by atomic mass is 9.99. The summed E-state index contributed by atoms with van der Waals surface area (Å²) in [6.45, 7) is 11.9. The van der Waals surface area contributed by atoms with Gasteiger partial charge in [-0.05, 0) is 43.4 Å². The topological polar surface area (TPSA) is 237 Å². The maximum atomic E-state index is 13.1. The summed E-state index contributed by atoms with van der Waals surface area (Å²) >= 11 is 0. The Hall–Kier alpha value is -1.94. The van der Waals surface area contributed by atoms with Crippen LogP contribution in [0.2, 0.25) is 0 Å². The largest absolute Gasteiger partial charge is 0.472 e. The van der Waals surface area contributed by atoms with Gasteiger partial charge in [-0.25, -0.2) is 9.13 Å². The molecule has 0 fully saturated rings. The Morgan fingerprint density at radius 2 is 0.495 bits per heavy atom. The number of aliphatic hydroxyl groups is 1. The minimum atomic E-state index is -4.96. The molecule has 0 bridgehead atoms. The number of aliphatic hydroxyl groups excluding tert-OH is 1. The zero-order valence-electron chi connectivity index (χ0n) is 63.5. The summed E-state index contributed by atoms with van der Waals surface area (Å²) in [4.78, 5) is 72.9. The van der Waals surface area contributed by atoms with Crippen molar-refractivity contribution in [3.8, 4) is 0 Å². The normalized spacial score (nSPS) is 14.9. The Bertz CT molecular complexity index is 1890. The number of unbranched alkanes of at least 4 members (excludes halogenated alkanes) is 41. The fourth-order valence-corrected chi connectivity index (χ4v) is 13.4. The molecule has 0 aliphatic rings. The lowest BCUT2D eigenvalue weighted by Gasteiger charge is -2.21. The van der Waals surface area contributed by atoms with Crippen LogP contribution in [0.25, 0.3) is 0 Å². The first-order valence-corrected chi connectivity index (χ1v) is 43.5. The standard InChI is InChI=1S/C78H152O17P2/c1-8-12-13-14-15-16-17-18-19-20-21-22-23-24-25-26-27-28-40-47-54-61-77(82)94-73(65-88-75(80)59-52-45-38-32-29-35-42-49-56-69(5)9-2)67-92-96(84,85)90-63-72(79)64-91-97(86,87)93-68-74(95-78(83)62-55-48-41-34-31-37-44-51-58-71(7)11-4)66-89-76(81)60-53-46-39-33-30-36-43-50-57-70(6)10-3/h69-74,79H,8-68H2,1-7H3,(H,84,85)(H,86,87)/t69?,70?,71?,72-,73-,74-/m1/s1. The zero-order chi connectivity index (χ0) is 71.6. The van der Waals surface area contributed by atoms with Gasteiger partial charge in [0.15, 0.2) is 12.2 Å². The van der Waals surface area contributed by atoms with E-state index < -0.39 is 97.5 Å². The molecule has 576 valence electrons. The van der Waals surface area contributed by atoms with Crippen molar-refractivity contribution < 1.29 is 80.2 Å². The predicted molar refractivity (Wildman–Crippen MR) is 395 cm³/mol. The Kier molecular flexibility index (Phi) is 67.1. The molecule has 17 nitrogen and oxygen atoms in total. The highest BCUT2D eigenvalue weighted by atomic mass is 31.2. The second kappa shape index (κ2) is 68.5. The van der Waals surface area contributed by atoms with Crippen molar-refractivity contribution >= 4 is 39.5 Å². The first-order chi connectivity index (χ1) is 46.8. The van der Waals surface area contributed by atoms with E-state index in [9.17, 15) is 43.2 Å². The molecule has 0 aliphatic carbocycles. The molecule has 0 spiro atoms. The van der Waals surface area contributed by atoms with Crippen molar-refractivity contribution in [1.29, 1.82) is 0 Å². The maximum Gasteiger partial charge on any atom is 0.472 e. The number of phosphoric acid groups is 2. The fraction of sp³-hybridized carbons (Fsp3) is 0.949. The molecule has 3 N–H and O–H groups in total. The van der Waals surface area contributed by atoms with Gasteiger partial charge in [0.2, 0.25) is 0 Å². The van der Waals surface area contributed by atoms with Crippen LogP contribution in [0.4, 0.5) is 0 Å². The van der Waals surface area contributed by atoms with E-state index in [-0.39, 0.29) is 25.7 Å². The molecule has 0 aromatic heterocycles. The number of hydrogen-bond acceptors (Lipinski definition) is 15. The average molecular weight is 1420 g/mol. The van der Waals surface area contributed by atoms with Crippen LogP contribution in [0, 0.1) is 17.8 Å². The van der Waals surface area contributed by atoms with Gasteiger partial charge >= 0.3 is 39.5 Å². The molecule has 5 unspecified atom stereocenters. The van der Waals surface area contributed by atoms with E-state index in [1.807, 2.05) is 0 Å². The van der Waals surface area contributed by atoms with Crippen molar-refractivity contribution in [2.45, 2.75) is 420 Å². The van der Waals surface area contributed by atoms with Gasteiger partial charge in [-0.3, -0.25) is 37.3 Å². The van der Waals surface area contributed by atoms with E-state index in [4.69, 9.17) is 37.0 Å². The third-order valence-corrected chi connectivity index (χ3v) is 21.1. The van der Waals surface area contributed by atoms with Gasteiger partial charge in [0.05, 0.1) is 26.4 Å². The van der Waals surface area contributed by atoms with Gasteiger partial charge in [0, 0.05) is 25.7 Å². The second-order valence-corrected chi connectivity index (χ2v) is 31.7. The van der Waals surface area contributed by atoms with E-state index in [0.29, 0.717) is 25.7 Å². The monoisotopic (exact) mass is 1420 g/mol. The fourth-order valence-electron chi connectivity index (χ4n) is 11.9. The minimum Gasteiger partial charge on any atom is -0.462 e. The molecular weight excluding hydrogens is 1270 g/mol. The highest BCUT2D eigenvalue weighted by Crippen LogP contribution is 2.45. The molecule has 0 saturated heterocycles. The Morgan fingerprint density at radius 3 is 0.732 bits per heavy atom. The summed E-state index contributed by atoms with van der Waals surface area (Å²) in [6, 6.07) is 0. The molecule has 0 aromatic rings. The summed E-state index contributed by atoms with van der Waals surface area (Å²) in [6.07, 6.45) is 55.5. The van der Waals surface area contributed by atoms with Gasteiger partial charge in [-0.1, -0.05) is 350 Å². The van der Waals surface area contributed by atoms with Gasteiger partial charge < -0.3 is 33.8 Å². The number of rotatable bonds is 76. The van der Waals surface area contributed by atoms with Crippen molar-refractivity contribution in [2.24, 2.45) is 17.8 Å². The van der Waals surface area contributed by atoms with E-state index >= 15 is 0 Å². The van der Waals surface area contributed by atoms with Crippen molar-refractivity contribution in [3.05, 3.63) is 0 Å². The Labute approximate surface area is 594 Å². The molecule has 97 heavy (non-hydrogen) atoms. The quantitative estimate of drug-likeness (QED) is 0.0222. The van der Waals surface area contributed by atoms with Crippen LogP contribution >= 0.6 is 15.6 Å². The van der Waals surface area contributed by atoms with Crippen LogP contribution in [0.5, 0.6) is 0 Å². The van der Waals surface area contributed by atoms with Crippen LogP contribution in [-0.2, 0) is 65.4 Å². The number of phosphoric ester groups is 2. The number of esters is 4. The summed E-state index contributed by atoms with van der Waals surface area (Å²) in [5.41, 5.74) is 0. The molecule has 0 heterocycles. The second-order valence-electron chi connectivity index (χ2n) is 28.8. The summed E-state index contributed by atoms with van der Waals surface area (Å²) < 4.78 is 68.6. The molecule has 0 rings (SSSR count). The van der Waals surface area contributed by atoms with E-state index in [2.05, 4.69) is 48.5 Å². The molecule has 0 saturated carbocycles. The third-order valence-electron chi connectivity index (χ3n) is 19.2. The highest BCUT2D eigenvalue weighted by molar-refractivity contribution is 7.47. The molecule has 0 aromatic carbocycles. The van der Waals surface area contributed by atoms with Gasteiger partial charge in [0.25, 0.3) is 0 Å². The smallest absolute Gasteiger partial charge is 0.462 e. The molecule has 0 aliphatic heterocycles. The van der Waals surface area contributed by atoms with E-state index in [1.54, 1.807) is 0 Å². The summed E-state index contributed by atoms with van der Waals surface area (Å²) in [5.74, 6) is 0.205. The predicted octanol–water partition coefficient (Wildman–Crippen LogP) is 23.0. The number of hydrogen-bond donors (Lipinski definition) is 3. The lowest BCUT2D eigenvalue weighted by Crippen LogP contribution is -2.30. The molecular formula is C78H152O17P2. The van der Waals surface area contributed by atoms with Crippen LogP contribution in [0.15, 0.2) is 0 Å². The number of carbonyl (C=O) groups excluding carboxylic acids is 4. The lowest BCUT2D eigenvalue weighted by molar-refractivity contribution is -0.161. The molecule has 0 amide bonds. The summed E-state index contributed by atoms with van der Waals surface area (Å²) in [7, 11) is -9.92. The Balaban J connectivity index is 5.22. The van der Waals surface area contributed by atoms with Gasteiger partial charge in [-0.2, -0.15) is 0 Å². The SMILES string of the molecule is CCCCCCCCCCCCCCCCCCCCCCCC(=O)O[C@H](COC(=O)CCCCCCCCCCC(C)CC)COP(=O)(O)OC[C@@H](O)COP(=O)(O)OC[C@@H](COC(=O)CCCCCCCCCCC(C)CC)OC(=O)CCCCCCCCCCC(C)CC. The van der Waals surface area contributed by atoms with Crippen molar-refractivity contribution in [2.75, 3.05) is 39.6 Å². The number of ether oxygens (including phenoxy) is 4. The first kappa shape index (κ1) is 95.1. The molecule has 0 radical (unpaired) electrons. The summed E-state index contributed by atoms with van der Waals surface area (Å²) in [5, 5.41) is 10.6.